The third kappa shape index (κ3) is 4.51. The Bertz CT molecular complexity index is 2520. The number of furan rings is 1. The Hall–Kier alpha value is -6.12. The van der Waals surface area contributed by atoms with E-state index in [4.69, 9.17) is 4.42 Å². The summed E-state index contributed by atoms with van der Waals surface area (Å²) in [4.78, 5) is 2.35. The van der Waals surface area contributed by atoms with Gasteiger partial charge in [0, 0.05) is 27.8 Å². The van der Waals surface area contributed by atoms with E-state index < -0.39 is 0 Å². The van der Waals surface area contributed by atoms with Gasteiger partial charge in [-0.1, -0.05) is 121 Å². The van der Waals surface area contributed by atoms with Crippen LogP contribution in [0.2, 0.25) is 0 Å². The summed E-state index contributed by atoms with van der Waals surface area (Å²) in [6.07, 6.45) is 0. The van der Waals surface area contributed by atoms with Gasteiger partial charge < -0.3 is 9.32 Å². The number of hydrogen-bond acceptors (Lipinski definition) is 2. The maximum Gasteiger partial charge on any atom is 0.136 e. The molecular weight excluding hydrogens is 558 g/mol. The van der Waals surface area contributed by atoms with Crippen LogP contribution < -0.4 is 4.90 Å². The molecule has 0 saturated heterocycles. The van der Waals surface area contributed by atoms with Gasteiger partial charge in [-0.15, -0.1) is 0 Å². The molecule has 0 fully saturated rings. The van der Waals surface area contributed by atoms with Crippen LogP contribution in [0.4, 0.5) is 17.1 Å². The second-order valence-electron chi connectivity index (χ2n) is 11.8. The van der Waals surface area contributed by atoms with Gasteiger partial charge in [0.1, 0.15) is 11.2 Å². The van der Waals surface area contributed by atoms with E-state index in [9.17, 15) is 0 Å². The summed E-state index contributed by atoms with van der Waals surface area (Å²) in [6, 6.07) is 62.8. The Morgan fingerprint density at radius 1 is 0.326 bits per heavy atom. The Balaban J connectivity index is 1.21. The molecule has 0 saturated carbocycles. The Kier molecular flexibility index (Phi) is 6.17. The second-order valence-corrected chi connectivity index (χ2v) is 11.8. The highest BCUT2D eigenvalue weighted by molar-refractivity contribution is 6.10. The summed E-state index contributed by atoms with van der Waals surface area (Å²) in [5.41, 5.74) is 9.92. The summed E-state index contributed by atoms with van der Waals surface area (Å²) in [7, 11) is 0. The molecule has 0 N–H and O–H groups in total. The zero-order valence-electron chi connectivity index (χ0n) is 25.1. The zero-order valence-corrected chi connectivity index (χ0v) is 25.1. The Morgan fingerprint density at radius 2 is 1.00 bits per heavy atom. The van der Waals surface area contributed by atoms with Gasteiger partial charge in [-0.05, 0) is 98.4 Å². The van der Waals surface area contributed by atoms with Crippen LogP contribution in [0.25, 0.3) is 65.7 Å². The van der Waals surface area contributed by atoms with Crippen molar-refractivity contribution in [1.82, 2.24) is 0 Å². The molecule has 1 aromatic heterocycles. The van der Waals surface area contributed by atoms with E-state index in [0.29, 0.717) is 0 Å². The predicted molar refractivity (Wildman–Crippen MR) is 194 cm³/mol. The van der Waals surface area contributed by atoms with Gasteiger partial charge in [-0.25, -0.2) is 0 Å². The lowest BCUT2D eigenvalue weighted by Crippen LogP contribution is -2.10. The molecule has 0 spiro atoms. The van der Waals surface area contributed by atoms with Gasteiger partial charge in [0.2, 0.25) is 0 Å². The maximum atomic E-state index is 6.27. The summed E-state index contributed by atoms with van der Waals surface area (Å²) in [5, 5.41) is 7.11. The summed E-state index contributed by atoms with van der Waals surface area (Å²) < 4.78 is 6.27. The standard InChI is InChI=1S/C44H29NO/c1-2-10-30(11-3-1)31-20-23-36(24-21-31)45(37-15-8-14-34(26-37)40-18-9-13-32-12-4-5-16-39(32)40)38-25-22-33-28-42-41-17-6-7-19-43(41)46-44(42)29-35(33)27-38/h1-29H. The summed E-state index contributed by atoms with van der Waals surface area (Å²) in [5.74, 6) is 0. The normalized spacial score (nSPS) is 11.5. The molecule has 0 atom stereocenters. The first-order chi connectivity index (χ1) is 22.8. The van der Waals surface area contributed by atoms with Crippen LogP contribution in [0.3, 0.4) is 0 Å². The number of hydrogen-bond donors (Lipinski definition) is 0. The molecule has 2 nitrogen and oxygen atoms in total. The van der Waals surface area contributed by atoms with Crippen molar-refractivity contribution in [3.8, 4) is 22.3 Å². The van der Waals surface area contributed by atoms with Crippen LogP contribution in [0.15, 0.2) is 180 Å². The quantitative estimate of drug-likeness (QED) is 0.199. The van der Waals surface area contributed by atoms with E-state index in [1.807, 2.05) is 12.1 Å². The molecule has 0 radical (unpaired) electrons. The first kappa shape index (κ1) is 26.3. The highest BCUT2D eigenvalue weighted by atomic mass is 16.3. The average molecular weight is 588 g/mol. The van der Waals surface area contributed by atoms with Crippen molar-refractivity contribution in [3.63, 3.8) is 0 Å². The zero-order chi connectivity index (χ0) is 30.5. The Morgan fingerprint density at radius 3 is 1.89 bits per heavy atom. The van der Waals surface area contributed by atoms with E-state index in [-0.39, 0.29) is 0 Å². The minimum atomic E-state index is 0.905. The fraction of sp³-hybridized carbons (Fsp3) is 0. The highest BCUT2D eigenvalue weighted by Gasteiger charge is 2.16. The first-order valence-electron chi connectivity index (χ1n) is 15.7. The highest BCUT2D eigenvalue weighted by Crippen LogP contribution is 2.41. The molecule has 0 amide bonds. The number of anilines is 3. The molecule has 0 aliphatic carbocycles. The van der Waals surface area contributed by atoms with Crippen molar-refractivity contribution in [3.05, 3.63) is 176 Å². The third-order valence-corrected chi connectivity index (χ3v) is 9.02. The number of rotatable bonds is 5. The van der Waals surface area contributed by atoms with Crippen molar-refractivity contribution in [2.75, 3.05) is 4.90 Å². The number of benzene rings is 8. The van der Waals surface area contributed by atoms with E-state index in [1.54, 1.807) is 0 Å². The van der Waals surface area contributed by atoms with Crippen LogP contribution in [0, 0.1) is 0 Å². The largest absolute Gasteiger partial charge is 0.456 e. The SMILES string of the molecule is c1ccc(-c2ccc(N(c3cccc(-c4cccc5ccccc45)c3)c3ccc4cc5c(cc4c3)oc3ccccc35)cc2)cc1. The number of nitrogens with zero attached hydrogens (tertiary/aromatic N) is 1. The van der Waals surface area contributed by atoms with E-state index in [0.717, 1.165) is 44.4 Å². The second kappa shape index (κ2) is 10.8. The molecule has 0 aliphatic rings. The van der Waals surface area contributed by atoms with Gasteiger partial charge in [-0.3, -0.25) is 0 Å². The molecule has 0 unspecified atom stereocenters. The fourth-order valence-electron chi connectivity index (χ4n) is 6.77. The average Bonchev–Trinajstić information content (AvgIpc) is 3.48. The van der Waals surface area contributed by atoms with E-state index in [1.165, 1.54) is 38.4 Å². The molecule has 9 aromatic rings. The fourth-order valence-corrected chi connectivity index (χ4v) is 6.77. The molecule has 8 aromatic carbocycles. The molecule has 46 heavy (non-hydrogen) atoms. The van der Waals surface area contributed by atoms with Gasteiger partial charge in [-0.2, -0.15) is 0 Å². The molecule has 0 aliphatic heterocycles. The van der Waals surface area contributed by atoms with Crippen LogP contribution in [0.1, 0.15) is 0 Å². The van der Waals surface area contributed by atoms with E-state index >= 15 is 0 Å². The molecule has 216 valence electrons. The lowest BCUT2D eigenvalue weighted by molar-refractivity contribution is 0.669. The first-order valence-corrected chi connectivity index (χ1v) is 15.7. The smallest absolute Gasteiger partial charge is 0.136 e. The molecule has 2 heteroatoms. The monoisotopic (exact) mass is 587 g/mol. The minimum absolute atomic E-state index is 0.905. The third-order valence-electron chi connectivity index (χ3n) is 9.02. The van der Waals surface area contributed by atoms with Crippen molar-refractivity contribution < 1.29 is 4.42 Å². The van der Waals surface area contributed by atoms with Crippen molar-refractivity contribution in [2.45, 2.75) is 0 Å². The topological polar surface area (TPSA) is 16.4 Å². The maximum absolute atomic E-state index is 6.27. The van der Waals surface area contributed by atoms with Crippen LogP contribution in [-0.2, 0) is 0 Å². The van der Waals surface area contributed by atoms with Gasteiger partial charge in [0.25, 0.3) is 0 Å². The molecule has 9 rings (SSSR count). The lowest BCUT2D eigenvalue weighted by Gasteiger charge is -2.26. The van der Waals surface area contributed by atoms with Crippen LogP contribution in [-0.4, -0.2) is 0 Å². The predicted octanol–water partition coefficient (Wildman–Crippen LogP) is 12.7. The van der Waals surface area contributed by atoms with Gasteiger partial charge >= 0.3 is 0 Å². The number of fused-ring (bicyclic) bond motifs is 5. The minimum Gasteiger partial charge on any atom is -0.456 e. The molecular formula is C44H29NO. The molecule has 0 bridgehead atoms. The summed E-state index contributed by atoms with van der Waals surface area (Å²) >= 11 is 0. The van der Waals surface area contributed by atoms with E-state index in [2.05, 4.69) is 169 Å². The Labute approximate surface area is 267 Å². The van der Waals surface area contributed by atoms with Crippen LogP contribution >= 0.6 is 0 Å². The van der Waals surface area contributed by atoms with Crippen molar-refractivity contribution in [2.24, 2.45) is 0 Å². The van der Waals surface area contributed by atoms with Crippen LogP contribution in [0.5, 0.6) is 0 Å². The van der Waals surface area contributed by atoms with Gasteiger partial charge in [0.05, 0.1) is 0 Å². The number of para-hydroxylation sites is 1. The lowest BCUT2D eigenvalue weighted by atomic mass is 9.97. The molecule has 1 heterocycles. The summed E-state index contributed by atoms with van der Waals surface area (Å²) in [6.45, 7) is 0. The van der Waals surface area contributed by atoms with Crippen molar-refractivity contribution >= 4 is 60.5 Å². The van der Waals surface area contributed by atoms with Crippen molar-refractivity contribution in [1.29, 1.82) is 0 Å². The van der Waals surface area contributed by atoms with Gasteiger partial charge in [0.15, 0.2) is 0 Å².